The summed E-state index contributed by atoms with van der Waals surface area (Å²) in [6, 6.07) is 10.0. The fraction of sp³-hybridized carbons (Fsp3) is 0.400. The number of carbonyl (C=O) groups is 1. The zero-order chi connectivity index (χ0) is 17.8. The molecule has 1 amide bonds. The summed E-state index contributed by atoms with van der Waals surface area (Å²) in [6.07, 6.45) is 1.70. The second kappa shape index (κ2) is 7.66. The highest BCUT2D eigenvalue weighted by molar-refractivity contribution is 5.93. The number of carbonyl (C=O) groups excluding carboxylic acids is 1. The van der Waals surface area contributed by atoms with E-state index in [1.165, 1.54) is 11.1 Å². The van der Waals surface area contributed by atoms with Gasteiger partial charge in [-0.05, 0) is 49.7 Å². The van der Waals surface area contributed by atoms with Gasteiger partial charge in [0.2, 0.25) is 0 Å². The van der Waals surface area contributed by atoms with Gasteiger partial charge in [0.1, 0.15) is 5.69 Å². The first kappa shape index (κ1) is 17.4. The highest BCUT2D eigenvalue weighted by atomic mass is 16.2. The number of likely N-dealkylation sites (N-methyl/N-ethyl adjacent to an activating group) is 1. The average Bonchev–Trinajstić information content (AvgIpc) is 2.64. The van der Waals surface area contributed by atoms with Crippen LogP contribution in [-0.4, -0.2) is 53.4 Å². The number of nitrogens with one attached hydrogen (secondary N) is 1. The molecule has 0 spiro atoms. The normalized spacial score (nSPS) is 15.2. The molecule has 3 rings (SSSR count). The number of hydrogen-bond acceptors (Lipinski definition) is 4. The zero-order valence-corrected chi connectivity index (χ0v) is 15.2. The minimum absolute atomic E-state index is 0.0142. The lowest BCUT2D eigenvalue weighted by Gasteiger charge is -2.33. The zero-order valence-electron chi connectivity index (χ0n) is 15.2. The van der Waals surface area contributed by atoms with Crippen LogP contribution < -0.4 is 5.32 Å². The van der Waals surface area contributed by atoms with E-state index in [-0.39, 0.29) is 5.91 Å². The SMILES string of the molecule is CCN1CCN(C(=O)c2cc(Nc3cc(C)ccc3C)ccn2)CC1. The molecule has 1 aromatic heterocycles. The lowest BCUT2D eigenvalue weighted by molar-refractivity contribution is 0.0637. The van der Waals surface area contributed by atoms with Crippen molar-refractivity contribution in [1.82, 2.24) is 14.8 Å². The molecule has 1 saturated heterocycles. The number of amides is 1. The first-order valence-electron chi connectivity index (χ1n) is 8.89. The molecule has 0 aliphatic carbocycles. The van der Waals surface area contributed by atoms with Crippen molar-refractivity contribution in [2.24, 2.45) is 0 Å². The first-order chi connectivity index (χ1) is 12.1. The summed E-state index contributed by atoms with van der Waals surface area (Å²) in [5, 5.41) is 3.41. The Morgan fingerprint density at radius 2 is 1.88 bits per heavy atom. The van der Waals surface area contributed by atoms with E-state index in [9.17, 15) is 4.79 Å². The van der Waals surface area contributed by atoms with Crippen molar-refractivity contribution in [3.05, 3.63) is 53.3 Å². The molecule has 0 unspecified atom stereocenters. The molecule has 2 aromatic rings. The fourth-order valence-corrected chi connectivity index (χ4v) is 3.08. The Morgan fingerprint density at radius 3 is 2.60 bits per heavy atom. The van der Waals surface area contributed by atoms with Gasteiger partial charge in [0, 0.05) is 43.8 Å². The van der Waals surface area contributed by atoms with Crippen LogP contribution in [0, 0.1) is 13.8 Å². The summed E-state index contributed by atoms with van der Waals surface area (Å²) in [6.45, 7) is 10.7. The first-order valence-corrected chi connectivity index (χ1v) is 8.89. The number of aryl methyl sites for hydroxylation is 2. The van der Waals surface area contributed by atoms with Gasteiger partial charge in [0.15, 0.2) is 0 Å². The van der Waals surface area contributed by atoms with Crippen molar-refractivity contribution in [1.29, 1.82) is 0 Å². The molecule has 0 radical (unpaired) electrons. The molecule has 1 aromatic carbocycles. The Hall–Kier alpha value is -2.40. The smallest absolute Gasteiger partial charge is 0.272 e. The van der Waals surface area contributed by atoms with Gasteiger partial charge < -0.3 is 15.1 Å². The Kier molecular flexibility index (Phi) is 5.34. The van der Waals surface area contributed by atoms with Gasteiger partial charge in [-0.2, -0.15) is 0 Å². The van der Waals surface area contributed by atoms with Gasteiger partial charge in [-0.25, -0.2) is 0 Å². The van der Waals surface area contributed by atoms with E-state index in [4.69, 9.17) is 0 Å². The van der Waals surface area contributed by atoms with E-state index in [2.05, 4.69) is 54.2 Å². The molecular weight excluding hydrogens is 312 g/mol. The van der Waals surface area contributed by atoms with Crippen LogP contribution in [0.25, 0.3) is 0 Å². The van der Waals surface area contributed by atoms with Crippen molar-refractivity contribution in [2.45, 2.75) is 20.8 Å². The van der Waals surface area contributed by atoms with Crippen LogP contribution in [0.2, 0.25) is 0 Å². The fourth-order valence-electron chi connectivity index (χ4n) is 3.08. The van der Waals surface area contributed by atoms with Gasteiger partial charge in [0.25, 0.3) is 5.91 Å². The summed E-state index contributed by atoms with van der Waals surface area (Å²) in [5.41, 5.74) is 4.82. The molecule has 5 nitrogen and oxygen atoms in total. The van der Waals surface area contributed by atoms with Crippen molar-refractivity contribution < 1.29 is 4.79 Å². The predicted molar refractivity (Wildman–Crippen MR) is 101 cm³/mol. The number of aromatic nitrogens is 1. The van der Waals surface area contributed by atoms with Crippen molar-refractivity contribution in [2.75, 3.05) is 38.0 Å². The third kappa shape index (κ3) is 4.17. The second-order valence-electron chi connectivity index (χ2n) is 6.60. The molecule has 1 aliphatic heterocycles. The average molecular weight is 338 g/mol. The topological polar surface area (TPSA) is 48.5 Å². The summed E-state index contributed by atoms with van der Waals surface area (Å²) in [7, 11) is 0. The number of rotatable bonds is 4. The molecule has 0 bridgehead atoms. The number of anilines is 2. The molecule has 0 saturated carbocycles. The molecule has 1 fully saturated rings. The van der Waals surface area contributed by atoms with Gasteiger partial charge >= 0.3 is 0 Å². The van der Waals surface area contributed by atoms with E-state index < -0.39 is 0 Å². The lowest BCUT2D eigenvalue weighted by atomic mass is 10.1. The van der Waals surface area contributed by atoms with Crippen LogP contribution in [0.15, 0.2) is 36.5 Å². The van der Waals surface area contributed by atoms with Crippen LogP contribution >= 0.6 is 0 Å². The minimum Gasteiger partial charge on any atom is -0.355 e. The van der Waals surface area contributed by atoms with Crippen LogP contribution in [0.1, 0.15) is 28.5 Å². The van der Waals surface area contributed by atoms with Gasteiger partial charge in [0.05, 0.1) is 0 Å². The maximum absolute atomic E-state index is 12.7. The highest BCUT2D eigenvalue weighted by Crippen LogP contribution is 2.22. The molecule has 1 N–H and O–H groups in total. The largest absolute Gasteiger partial charge is 0.355 e. The summed E-state index contributed by atoms with van der Waals surface area (Å²) < 4.78 is 0. The summed E-state index contributed by atoms with van der Waals surface area (Å²) in [4.78, 5) is 21.3. The van der Waals surface area contributed by atoms with E-state index in [0.29, 0.717) is 5.69 Å². The van der Waals surface area contributed by atoms with Crippen molar-refractivity contribution >= 4 is 17.3 Å². The Morgan fingerprint density at radius 1 is 1.12 bits per heavy atom. The maximum atomic E-state index is 12.7. The van der Waals surface area contributed by atoms with E-state index in [0.717, 1.165) is 44.1 Å². The maximum Gasteiger partial charge on any atom is 0.272 e. The molecule has 25 heavy (non-hydrogen) atoms. The van der Waals surface area contributed by atoms with Crippen LogP contribution in [0.4, 0.5) is 11.4 Å². The van der Waals surface area contributed by atoms with Crippen LogP contribution in [0.3, 0.4) is 0 Å². The number of benzene rings is 1. The third-order valence-corrected chi connectivity index (χ3v) is 4.76. The Labute approximate surface area is 149 Å². The van der Waals surface area contributed by atoms with E-state index in [1.54, 1.807) is 6.20 Å². The van der Waals surface area contributed by atoms with E-state index >= 15 is 0 Å². The van der Waals surface area contributed by atoms with Crippen LogP contribution in [-0.2, 0) is 0 Å². The Balaban J connectivity index is 1.73. The molecule has 2 heterocycles. The lowest BCUT2D eigenvalue weighted by Crippen LogP contribution is -2.48. The van der Waals surface area contributed by atoms with Gasteiger partial charge in [-0.3, -0.25) is 9.78 Å². The van der Waals surface area contributed by atoms with Crippen LogP contribution in [0.5, 0.6) is 0 Å². The molecular formula is C20H26N4O. The summed E-state index contributed by atoms with van der Waals surface area (Å²) in [5.74, 6) is 0.0142. The molecule has 132 valence electrons. The Bertz CT molecular complexity index is 751. The number of pyridine rings is 1. The number of piperazine rings is 1. The molecule has 0 atom stereocenters. The van der Waals surface area contributed by atoms with Gasteiger partial charge in [-0.15, -0.1) is 0 Å². The number of hydrogen-bond donors (Lipinski definition) is 1. The van der Waals surface area contributed by atoms with Crippen molar-refractivity contribution in [3.8, 4) is 0 Å². The number of nitrogens with zero attached hydrogens (tertiary/aromatic N) is 3. The van der Waals surface area contributed by atoms with Crippen molar-refractivity contribution in [3.63, 3.8) is 0 Å². The standard InChI is InChI=1S/C20H26N4O/c1-4-23-9-11-24(12-10-23)20(25)19-14-17(7-8-21-19)22-18-13-15(2)5-6-16(18)3/h5-8,13-14H,4,9-12H2,1-3H3,(H,21,22). The van der Waals surface area contributed by atoms with E-state index in [1.807, 2.05) is 17.0 Å². The molecule has 1 aliphatic rings. The monoisotopic (exact) mass is 338 g/mol. The quantitative estimate of drug-likeness (QED) is 0.930. The third-order valence-electron chi connectivity index (χ3n) is 4.76. The second-order valence-corrected chi connectivity index (χ2v) is 6.60. The minimum atomic E-state index is 0.0142. The summed E-state index contributed by atoms with van der Waals surface area (Å²) >= 11 is 0. The van der Waals surface area contributed by atoms with Gasteiger partial charge in [-0.1, -0.05) is 19.1 Å². The molecule has 5 heteroatoms. The highest BCUT2D eigenvalue weighted by Gasteiger charge is 2.22. The predicted octanol–water partition coefficient (Wildman–Crippen LogP) is 3.22.